The summed E-state index contributed by atoms with van der Waals surface area (Å²) in [5.41, 5.74) is 1.78. The van der Waals surface area contributed by atoms with Crippen LogP contribution >= 0.6 is 0 Å². The summed E-state index contributed by atoms with van der Waals surface area (Å²) in [7, 11) is -4.11. The van der Waals surface area contributed by atoms with E-state index in [1.54, 1.807) is 0 Å². The summed E-state index contributed by atoms with van der Waals surface area (Å²) in [5, 5.41) is 19.1. The molecule has 0 amide bonds. The molecule has 0 radical (unpaired) electrons. The monoisotopic (exact) mass is 379 g/mol. The Balaban J connectivity index is 2.23. The van der Waals surface area contributed by atoms with E-state index in [9.17, 15) is 18.5 Å². The lowest BCUT2D eigenvalue weighted by atomic mass is 10.1. The second-order valence-electron chi connectivity index (χ2n) is 5.66. The number of hydrogen-bond acceptors (Lipinski definition) is 6. The number of nitrogens with one attached hydrogen (secondary N) is 1. The average Bonchev–Trinajstić information content (AvgIpc) is 2.60. The Labute approximate surface area is 152 Å². The zero-order valence-electron chi connectivity index (χ0n) is 14.3. The van der Waals surface area contributed by atoms with Gasteiger partial charge in [-0.1, -0.05) is 31.2 Å². The lowest BCUT2D eigenvalue weighted by Crippen LogP contribution is -2.15. The van der Waals surface area contributed by atoms with Gasteiger partial charge in [-0.05, 0) is 23.6 Å². The van der Waals surface area contributed by atoms with Crippen LogP contribution in [0, 0.1) is 10.1 Å². The van der Waals surface area contributed by atoms with Gasteiger partial charge < -0.3 is 10.1 Å². The zero-order chi connectivity index (χ0) is 19.2. The molecule has 0 aliphatic heterocycles. The third kappa shape index (κ3) is 5.25. The summed E-state index contributed by atoms with van der Waals surface area (Å²) in [5.74, 6) is 0. The van der Waals surface area contributed by atoms with Crippen LogP contribution in [0.4, 0.5) is 11.4 Å². The maximum absolute atomic E-state index is 11.8. The van der Waals surface area contributed by atoms with Gasteiger partial charge in [-0.25, -0.2) is 13.6 Å². The van der Waals surface area contributed by atoms with Gasteiger partial charge in [-0.15, -0.1) is 0 Å². The number of primary sulfonamides is 1. The van der Waals surface area contributed by atoms with Crippen LogP contribution in [0.2, 0.25) is 0 Å². The molecule has 0 heterocycles. The third-order valence-electron chi connectivity index (χ3n) is 3.68. The first kappa shape index (κ1) is 19.8. The highest BCUT2D eigenvalue weighted by molar-refractivity contribution is 7.89. The fourth-order valence-corrected chi connectivity index (χ4v) is 3.13. The topological polar surface area (TPSA) is 125 Å². The molecule has 2 aromatic carbocycles. The van der Waals surface area contributed by atoms with Crippen LogP contribution < -0.4 is 10.5 Å². The molecule has 2 aromatic rings. The number of benzene rings is 2. The molecule has 0 fully saturated rings. The molecule has 0 aliphatic rings. The Kier molecular flexibility index (Phi) is 6.67. The maximum atomic E-state index is 11.8. The van der Waals surface area contributed by atoms with Crippen molar-refractivity contribution in [2.24, 2.45) is 5.14 Å². The molecule has 3 N–H and O–H groups in total. The van der Waals surface area contributed by atoms with Gasteiger partial charge in [0.05, 0.1) is 17.2 Å². The van der Waals surface area contributed by atoms with E-state index in [0.717, 1.165) is 23.6 Å². The number of non-ortho nitro benzene ring substituents is 1. The van der Waals surface area contributed by atoms with Crippen LogP contribution in [0.25, 0.3) is 0 Å². The molecule has 140 valence electrons. The summed E-state index contributed by atoms with van der Waals surface area (Å²) in [4.78, 5) is 9.89. The summed E-state index contributed by atoms with van der Waals surface area (Å²) >= 11 is 0. The molecule has 0 unspecified atom stereocenters. The van der Waals surface area contributed by atoms with E-state index < -0.39 is 14.9 Å². The first-order valence-electron chi connectivity index (χ1n) is 8.02. The normalized spacial score (nSPS) is 11.3. The number of nitro benzene ring substituents is 1. The number of nitro groups is 1. The molecule has 0 spiro atoms. The Hall–Kier alpha value is -2.49. The van der Waals surface area contributed by atoms with E-state index in [4.69, 9.17) is 9.88 Å². The van der Waals surface area contributed by atoms with Crippen molar-refractivity contribution >= 4 is 21.4 Å². The summed E-state index contributed by atoms with van der Waals surface area (Å²) < 4.78 is 29.1. The van der Waals surface area contributed by atoms with Crippen molar-refractivity contribution in [1.82, 2.24) is 0 Å². The van der Waals surface area contributed by atoms with Crippen LogP contribution in [0.3, 0.4) is 0 Å². The van der Waals surface area contributed by atoms with Crippen molar-refractivity contribution in [1.29, 1.82) is 0 Å². The molecule has 0 aliphatic carbocycles. The molecule has 0 atom stereocenters. The van der Waals surface area contributed by atoms with E-state index in [1.165, 1.54) is 12.1 Å². The van der Waals surface area contributed by atoms with Gasteiger partial charge in [0.25, 0.3) is 5.69 Å². The van der Waals surface area contributed by atoms with Gasteiger partial charge in [0.1, 0.15) is 4.90 Å². The average molecular weight is 379 g/mol. The molecule has 9 heteroatoms. The minimum absolute atomic E-state index is 0.211. The zero-order valence-corrected chi connectivity index (χ0v) is 15.2. The van der Waals surface area contributed by atoms with Crippen molar-refractivity contribution in [3.63, 3.8) is 0 Å². The third-order valence-corrected chi connectivity index (χ3v) is 4.63. The largest absolute Gasteiger partial charge is 0.380 e. The van der Waals surface area contributed by atoms with Gasteiger partial charge in [0.2, 0.25) is 10.0 Å². The Morgan fingerprint density at radius 3 is 2.50 bits per heavy atom. The maximum Gasteiger partial charge on any atom is 0.270 e. The number of hydrogen-bond donors (Lipinski definition) is 2. The fourth-order valence-electron chi connectivity index (χ4n) is 2.39. The first-order valence-corrected chi connectivity index (χ1v) is 9.57. The minimum Gasteiger partial charge on any atom is -0.380 e. The van der Waals surface area contributed by atoms with E-state index in [1.807, 2.05) is 31.2 Å². The van der Waals surface area contributed by atoms with E-state index in [0.29, 0.717) is 19.8 Å². The van der Waals surface area contributed by atoms with Crippen molar-refractivity contribution in [3.8, 4) is 0 Å². The molecule has 26 heavy (non-hydrogen) atoms. The SMILES string of the molecule is CCCOCc1ccccc1CNc1ccc([N+](=O)[O-])cc1S(N)(=O)=O. The van der Waals surface area contributed by atoms with E-state index in [2.05, 4.69) is 5.32 Å². The fraction of sp³-hybridized carbons (Fsp3) is 0.294. The van der Waals surface area contributed by atoms with Gasteiger partial charge in [-0.2, -0.15) is 0 Å². The van der Waals surface area contributed by atoms with Crippen molar-refractivity contribution < 1.29 is 18.1 Å². The Bertz CT molecular complexity index is 884. The predicted octanol–water partition coefficient (Wildman–Crippen LogP) is 2.78. The van der Waals surface area contributed by atoms with Crippen molar-refractivity contribution in [2.45, 2.75) is 31.4 Å². The highest BCUT2D eigenvalue weighted by Gasteiger charge is 2.19. The number of anilines is 1. The number of nitrogens with two attached hydrogens (primary N) is 1. The molecule has 0 saturated heterocycles. The van der Waals surface area contributed by atoms with Crippen LogP contribution in [0.15, 0.2) is 47.4 Å². The van der Waals surface area contributed by atoms with Gasteiger partial charge in [0.15, 0.2) is 0 Å². The first-order chi connectivity index (χ1) is 12.3. The molecule has 0 saturated carbocycles. The van der Waals surface area contributed by atoms with E-state index in [-0.39, 0.29) is 16.3 Å². The summed E-state index contributed by atoms with van der Waals surface area (Å²) in [6.07, 6.45) is 0.918. The quantitative estimate of drug-likeness (QED) is 0.392. The van der Waals surface area contributed by atoms with Crippen molar-refractivity contribution in [2.75, 3.05) is 11.9 Å². The van der Waals surface area contributed by atoms with Crippen LogP contribution in [-0.4, -0.2) is 19.9 Å². The molecular weight excluding hydrogens is 358 g/mol. The van der Waals surface area contributed by atoms with Gasteiger partial charge >= 0.3 is 0 Å². The Morgan fingerprint density at radius 1 is 1.19 bits per heavy atom. The number of sulfonamides is 1. The lowest BCUT2D eigenvalue weighted by Gasteiger charge is -2.14. The van der Waals surface area contributed by atoms with Crippen molar-refractivity contribution in [3.05, 3.63) is 63.7 Å². The van der Waals surface area contributed by atoms with Crippen LogP contribution in [0.1, 0.15) is 24.5 Å². The summed E-state index contributed by atoms with van der Waals surface area (Å²) in [6, 6.07) is 11.1. The highest BCUT2D eigenvalue weighted by Crippen LogP contribution is 2.26. The summed E-state index contributed by atoms with van der Waals surface area (Å²) in [6.45, 7) is 3.45. The lowest BCUT2D eigenvalue weighted by molar-refractivity contribution is -0.385. The van der Waals surface area contributed by atoms with Crippen LogP contribution in [0.5, 0.6) is 0 Å². The Morgan fingerprint density at radius 2 is 1.88 bits per heavy atom. The molecule has 0 bridgehead atoms. The predicted molar refractivity (Wildman–Crippen MR) is 98.2 cm³/mol. The molecule has 2 rings (SSSR count). The molecule has 0 aromatic heterocycles. The standard InChI is InChI=1S/C17H21N3O5S/c1-2-9-25-12-14-6-4-3-5-13(14)11-19-16-8-7-15(20(21)22)10-17(16)26(18,23)24/h3-8,10,19H,2,9,11-12H2,1H3,(H2,18,23,24). The van der Waals surface area contributed by atoms with Crippen LogP contribution in [-0.2, 0) is 27.9 Å². The smallest absolute Gasteiger partial charge is 0.270 e. The molecule has 8 nitrogen and oxygen atoms in total. The minimum atomic E-state index is -4.11. The van der Waals surface area contributed by atoms with Gasteiger partial charge in [-0.3, -0.25) is 10.1 Å². The number of ether oxygens (including phenoxy) is 1. The number of nitrogens with zero attached hydrogens (tertiary/aromatic N) is 1. The van der Waals surface area contributed by atoms with Gasteiger partial charge in [0, 0.05) is 25.3 Å². The molecular formula is C17H21N3O5S. The second-order valence-corrected chi connectivity index (χ2v) is 7.19. The second kappa shape index (κ2) is 8.75. The number of rotatable bonds is 9. The highest BCUT2D eigenvalue weighted by atomic mass is 32.2. The van der Waals surface area contributed by atoms with E-state index >= 15 is 0 Å².